The molecule has 0 saturated heterocycles. The van der Waals surface area contributed by atoms with E-state index in [9.17, 15) is 9.59 Å². The highest BCUT2D eigenvalue weighted by molar-refractivity contribution is 6.31. The molecular weight excluding hydrogens is 389 g/mol. The topological polar surface area (TPSA) is 71.9 Å². The summed E-state index contributed by atoms with van der Waals surface area (Å²) >= 11 is 11.9. The van der Waals surface area contributed by atoms with Crippen LogP contribution in [0.15, 0.2) is 36.4 Å². The molecule has 0 aliphatic carbocycles. The van der Waals surface area contributed by atoms with Crippen LogP contribution in [0.5, 0.6) is 5.75 Å². The molecule has 0 radical (unpaired) electrons. The summed E-state index contributed by atoms with van der Waals surface area (Å²) in [5.74, 6) is 0.0605. The molecule has 0 aliphatic heterocycles. The normalized spacial score (nSPS) is 11.6. The molecular formula is C19H22Cl2N3O3+. The summed E-state index contributed by atoms with van der Waals surface area (Å²) in [5.41, 5.74) is 2.06. The third-order valence-electron chi connectivity index (χ3n) is 3.83. The van der Waals surface area contributed by atoms with Crippen molar-refractivity contribution < 1.29 is 19.2 Å². The minimum atomic E-state index is -0.250. The second kappa shape index (κ2) is 9.60. The van der Waals surface area contributed by atoms with Crippen molar-refractivity contribution >= 4 is 46.4 Å². The lowest BCUT2D eigenvalue weighted by Gasteiger charge is -2.15. The number of hydrogen-bond donors (Lipinski definition) is 3. The Morgan fingerprint density at radius 2 is 1.48 bits per heavy atom. The highest BCUT2D eigenvalue weighted by Gasteiger charge is 2.16. The lowest BCUT2D eigenvalue weighted by molar-refractivity contribution is -0.862. The van der Waals surface area contributed by atoms with E-state index < -0.39 is 0 Å². The molecule has 2 aromatic carbocycles. The maximum absolute atomic E-state index is 12.3. The van der Waals surface area contributed by atoms with Gasteiger partial charge in [0.05, 0.1) is 19.8 Å². The van der Waals surface area contributed by atoms with Crippen molar-refractivity contribution in [2.45, 2.75) is 6.92 Å². The number of likely N-dealkylation sites (N-methyl/N-ethyl adjacent to an activating group) is 1. The Labute approximate surface area is 168 Å². The Kier molecular flexibility index (Phi) is 7.47. The van der Waals surface area contributed by atoms with E-state index in [2.05, 4.69) is 10.6 Å². The fraction of sp³-hybridized carbons (Fsp3) is 0.263. The van der Waals surface area contributed by atoms with Crippen LogP contribution in [0.2, 0.25) is 10.0 Å². The fourth-order valence-electron chi connectivity index (χ4n) is 2.51. The lowest BCUT2D eigenvalue weighted by atomic mass is 10.2. The van der Waals surface area contributed by atoms with E-state index in [1.165, 1.54) is 7.11 Å². The van der Waals surface area contributed by atoms with Crippen molar-refractivity contribution in [2.75, 3.05) is 37.9 Å². The number of quaternary nitrogens is 1. The molecule has 6 nitrogen and oxygen atoms in total. The van der Waals surface area contributed by atoms with Crippen LogP contribution in [0.25, 0.3) is 0 Å². The predicted octanol–water partition coefficient (Wildman–Crippen LogP) is 2.40. The molecule has 2 amide bonds. The molecule has 1 unspecified atom stereocenters. The SMILES string of the molecule is COc1ccc(Cl)cc1NC(=O)C[NH+](C)CC(=O)Nc1cc(Cl)ccc1C. The van der Waals surface area contributed by atoms with Gasteiger partial charge >= 0.3 is 0 Å². The minimum absolute atomic E-state index is 0.109. The standard InChI is InChI=1S/C19H21Cl2N3O3/c1-12-4-5-13(20)8-15(12)22-18(25)10-24(2)11-19(26)23-16-9-14(21)6-7-17(16)27-3/h4-9H,10-11H2,1-3H3,(H,22,25)(H,23,26)/p+1. The largest absolute Gasteiger partial charge is 0.495 e. The smallest absolute Gasteiger partial charge is 0.279 e. The van der Waals surface area contributed by atoms with E-state index in [0.29, 0.717) is 27.2 Å². The number of benzene rings is 2. The van der Waals surface area contributed by atoms with Crippen molar-refractivity contribution in [3.05, 3.63) is 52.0 Å². The van der Waals surface area contributed by atoms with Crippen molar-refractivity contribution in [1.29, 1.82) is 0 Å². The second-order valence-corrected chi connectivity index (χ2v) is 7.08. The van der Waals surface area contributed by atoms with Gasteiger partial charge in [-0.05, 0) is 42.8 Å². The first-order valence-electron chi connectivity index (χ1n) is 8.29. The van der Waals surface area contributed by atoms with Crippen LogP contribution in [0.1, 0.15) is 5.56 Å². The van der Waals surface area contributed by atoms with E-state index in [1.54, 1.807) is 37.4 Å². The van der Waals surface area contributed by atoms with Crippen LogP contribution in [0, 0.1) is 6.92 Å². The maximum Gasteiger partial charge on any atom is 0.279 e. The Morgan fingerprint density at radius 1 is 0.963 bits per heavy atom. The third-order valence-corrected chi connectivity index (χ3v) is 4.30. The summed E-state index contributed by atoms with van der Waals surface area (Å²) in [6, 6.07) is 10.3. The molecule has 8 heteroatoms. The zero-order valence-electron chi connectivity index (χ0n) is 15.4. The van der Waals surface area contributed by atoms with Gasteiger partial charge in [-0.1, -0.05) is 29.3 Å². The monoisotopic (exact) mass is 410 g/mol. The van der Waals surface area contributed by atoms with Gasteiger partial charge in [0.2, 0.25) is 0 Å². The highest BCUT2D eigenvalue weighted by atomic mass is 35.5. The number of methoxy groups -OCH3 is 1. The van der Waals surface area contributed by atoms with Crippen molar-refractivity contribution in [1.82, 2.24) is 0 Å². The summed E-state index contributed by atoms with van der Waals surface area (Å²) in [7, 11) is 3.28. The molecule has 0 fully saturated rings. The van der Waals surface area contributed by atoms with Crippen LogP contribution in [-0.2, 0) is 9.59 Å². The van der Waals surface area contributed by atoms with Gasteiger partial charge in [-0.3, -0.25) is 9.59 Å². The molecule has 0 aromatic heterocycles. The molecule has 0 heterocycles. The van der Waals surface area contributed by atoms with E-state index in [0.717, 1.165) is 10.5 Å². The van der Waals surface area contributed by atoms with Crippen LogP contribution in [0.3, 0.4) is 0 Å². The average Bonchev–Trinajstić information content (AvgIpc) is 2.58. The number of nitrogens with one attached hydrogen (secondary N) is 3. The Balaban J connectivity index is 1.90. The Bertz CT molecular complexity index is 843. The molecule has 3 N–H and O–H groups in total. The Morgan fingerprint density at radius 3 is 2.07 bits per heavy atom. The van der Waals surface area contributed by atoms with E-state index in [-0.39, 0.29) is 24.9 Å². The molecule has 2 rings (SSSR count). The summed E-state index contributed by atoms with van der Waals surface area (Å²) in [6.07, 6.45) is 0. The number of amides is 2. The molecule has 0 spiro atoms. The number of carbonyl (C=O) groups excluding carboxylic acids is 2. The number of halogens is 2. The average molecular weight is 411 g/mol. The summed E-state index contributed by atoms with van der Waals surface area (Å²) < 4.78 is 5.20. The van der Waals surface area contributed by atoms with Gasteiger partial charge in [-0.2, -0.15) is 0 Å². The molecule has 0 aliphatic rings. The number of anilines is 2. The van der Waals surface area contributed by atoms with Gasteiger partial charge in [0.15, 0.2) is 13.1 Å². The van der Waals surface area contributed by atoms with Crippen molar-refractivity contribution in [3.63, 3.8) is 0 Å². The van der Waals surface area contributed by atoms with Gasteiger partial charge in [0.25, 0.3) is 11.8 Å². The molecule has 144 valence electrons. The number of aryl methyl sites for hydroxylation is 1. The number of rotatable bonds is 7. The molecule has 2 aromatic rings. The molecule has 1 atom stereocenters. The summed E-state index contributed by atoms with van der Waals surface area (Å²) in [6.45, 7) is 2.12. The van der Waals surface area contributed by atoms with Gasteiger partial charge in [-0.15, -0.1) is 0 Å². The second-order valence-electron chi connectivity index (χ2n) is 6.21. The van der Waals surface area contributed by atoms with E-state index >= 15 is 0 Å². The van der Waals surface area contributed by atoms with Crippen LogP contribution >= 0.6 is 23.2 Å². The third kappa shape index (κ3) is 6.43. The van der Waals surface area contributed by atoms with Crippen LogP contribution in [0.4, 0.5) is 11.4 Å². The van der Waals surface area contributed by atoms with E-state index in [1.807, 2.05) is 13.0 Å². The van der Waals surface area contributed by atoms with Gasteiger partial charge in [0.1, 0.15) is 5.75 Å². The number of ether oxygens (including phenoxy) is 1. The zero-order chi connectivity index (χ0) is 20.0. The van der Waals surface area contributed by atoms with Gasteiger partial charge in [0, 0.05) is 15.7 Å². The molecule has 27 heavy (non-hydrogen) atoms. The Hall–Kier alpha value is -2.28. The minimum Gasteiger partial charge on any atom is -0.495 e. The fourth-order valence-corrected chi connectivity index (χ4v) is 2.85. The quantitative estimate of drug-likeness (QED) is 0.656. The van der Waals surface area contributed by atoms with Crippen molar-refractivity contribution in [2.24, 2.45) is 0 Å². The first-order chi connectivity index (χ1) is 12.8. The zero-order valence-corrected chi connectivity index (χ0v) is 16.9. The summed E-state index contributed by atoms with van der Waals surface area (Å²) in [5, 5.41) is 6.61. The van der Waals surface area contributed by atoms with Gasteiger partial charge in [-0.25, -0.2) is 0 Å². The molecule has 0 bridgehead atoms. The molecule has 0 saturated carbocycles. The first-order valence-corrected chi connectivity index (χ1v) is 9.04. The lowest BCUT2D eigenvalue weighted by Crippen LogP contribution is -3.11. The first kappa shape index (κ1) is 21.0. The maximum atomic E-state index is 12.3. The van der Waals surface area contributed by atoms with E-state index in [4.69, 9.17) is 27.9 Å². The number of hydrogen-bond acceptors (Lipinski definition) is 3. The highest BCUT2D eigenvalue weighted by Crippen LogP contribution is 2.27. The predicted molar refractivity (Wildman–Crippen MR) is 108 cm³/mol. The summed E-state index contributed by atoms with van der Waals surface area (Å²) in [4.78, 5) is 25.2. The van der Waals surface area contributed by atoms with Crippen LogP contribution in [-0.4, -0.2) is 39.1 Å². The van der Waals surface area contributed by atoms with Crippen LogP contribution < -0.4 is 20.3 Å². The van der Waals surface area contributed by atoms with Gasteiger partial charge < -0.3 is 20.3 Å². The van der Waals surface area contributed by atoms with Crippen molar-refractivity contribution in [3.8, 4) is 5.75 Å². The number of carbonyl (C=O) groups is 2.